The van der Waals surface area contributed by atoms with E-state index in [1.165, 1.54) is 6.39 Å². The van der Waals surface area contributed by atoms with E-state index in [4.69, 9.17) is 0 Å². The monoisotopic (exact) mass is 193 g/mol. The topological polar surface area (TPSA) is 79.6 Å². The Morgan fingerprint density at radius 2 is 2.57 bits per heavy atom. The molecule has 0 aliphatic heterocycles. The van der Waals surface area contributed by atoms with Crippen molar-refractivity contribution in [1.29, 1.82) is 0 Å². The number of nitrogens with zero attached hydrogens (tertiary/aromatic N) is 3. The Morgan fingerprint density at radius 3 is 3.21 bits per heavy atom. The lowest BCUT2D eigenvalue weighted by Gasteiger charge is -2.09. The summed E-state index contributed by atoms with van der Waals surface area (Å²) in [5.41, 5.74) is 1.04. The van der Waals surface area contributed by atoms with Crippen molar-refractivity contribution in [2.45, 2.75) is 19.5 Å². The minimum absolute atomic E-state index is 0.191. The summed E-state index contributed by atoms with van der Waals surface area (Å²) in [5, 5.41) is 13.7. The van der Waals surface area contributed by atoms with Crippen molar-refractivity contribution in [1.82, 2.24) is 25.7 Å². The molecule has 2 aromatic rings. The lowest BCUT2D eigenvalue weighted by molar-refractivity contribution is 0.404. The molecule has 0 spiro atoms. The summed E-state index contributed by atoms with van der Waals surface area (Å²) in [6, 6.07) is 2.12. The third-order valence-electron chi connectivity index (χ3n) is 1.96. The summed E-state index contributed by atoms with van der Waals surface area (Å²) in [5.74, 6) is 0.649. The average Bonchev–Trinajstić information content (AvgIpc) is 2.87. The van der Waals surface area contributed by atoms with E-state index in [-0.39, 0.29) is 6.04 Å². The lowest BCUT2D eigenvalue weighted by Crippen LogP contribution is -2.19. The van der Waals surface area contributed by atoms with Crippen molar-refractivity contribution in [3.05, 3.63) is 30.2 Å². The van der Waals surface area contributed by atoms with Crippen molar-refractivity contribution in [2.24, 2.45) is 0 Å². The first-order valence-corrected chi connectivity index (χ1v) is 4.34. The molecule has 2 rings (SSSR count). The van der Waals surface area contributed by atoms with Gasteiger partial charge in [0.2, 0.25) is 6.39 Å². The van der Waals surface area contributed by atoms with Gasteiger partial charge in [0.15, 0.2) is 5.82 Å². The van der Waals surface area contributed by atoms with Crippen LogP contribution in [0.5, 0.6) is 0 Å². The Balaban J connectivity index is 1.87. The van der Waals surface area contributed by atoms with Crippen LogP contribution in [0.15, 0.2) is 23.2 Å². The zero-order valence-electron chi connectivity index (χ0n) is 7.77. The molecule has 1 unspecified atom stereocenters. The fourth-order valence-electron chi connectivity index (χ4n) is 1.13. The number of hydrogen-bond acceptors (Lipinski definition) is 5. The smallest absolute Gasteiger partial charge is 0.213 e. The fourth-order valence-corrected chi connectivity index (χ4v) is 1.13. The Labute approximate surface area is 80.7 Å². The van der Waals surface area contributed by atoms with Crippen LogP contribution in [0.3, 0.4) is 0 Å². The first-order valence-electron chi connectivity index (χ1n) is 4.34. The van der Waals surface area contributed by atoms with Crippen LogP contribution in [0.2, 0.25) is 0 Å². The Hall–Kier alpha value is -1.69. The van der Waals surface area contributed by atoms with Gasteiger partial charge in [0.25, 0.3) is 0 Å². The Bertz CT molecular complexity index is 355. The second-order valence-electron chi connectivity index (χ2n) is 2.96. The van der Waals surface area contributed by atoms with Crippen LogP contribution in [0.1, 0.15) is 24.5 Å². The Kier molecular flexibility index (Phi) is 2.55. The van der Waals surface area contributed by atoms with Gasteiger partial charge in [-0.3, -0.25) is 5.10 Å². The fraction of sp³-hybridized carbons (Fsp3) is 0.375. The third kappa shape index (κ3) is 1.97. The quantitative estimate of drug-likeness (QED) is 0.745. The molecule has 2 heterocycles. The molecule has 2 aromatic heterocycles. The number of nitrogens with one attached hydrogen (secondary N) is 2. The first-order chi connectivity index (χ1) is 6.86. The highest BCUT2D eigenvalue weighted by molar-refractivity contribution is 5.03. The highest BCUT2D eigenvalue weighted by Gasteiger charge is 2.06. The van der Waals surface area contributed by atoms with Gasteiger partial charge < -0.3 is 9.84 Å². The van der Waals surface area contributed by atoms with Gasteiger partial charge >= 0.3 is 0 Å². The maximum Gasteiger partial charge on any atom is 0.213 e. The van der Waals surface area contributed by atoms with Crippen LogP contribution in [0.4, 0.5) is 0 Å². The summed E-state index contributed by atoms with van der Waals surface area (Å²) < 4.78 is 4.62. The predicted octanol–water partition coefficient (Wildman–Crippen LogP) is 0.644. The maximum atomic E-state index is 4.62. The molecule has 0 saturated heterocycles. The minimum atomic E-state index is 0.191. The summed E-state index contributed by atoms with van der Waals surface area (Å²) in [7, 11) is 0. The lowest BCUT2D eigenvalue weighted by atomic mass is 10.2. The number of aromatic nitrogens is 4. The largest absolute Gasteiger partial charge is 0.343 e. The van der Waals surface area contributed by atoms with Crippen molar-refractivity contribution in [2.75, 3.05) is 0 Å². The van der Waals surface area contributed by atoms with Gasteiger partial charge in [-0.15, -0.1) is 0 Å². The third-order valence-corrected chi connectivity index (χ3v) is 1.96. The van der Waals surface area contributed by atoms with Crippen LogP contribution in [0.25, 0.3) is 0 Å². The van der Waals surface area contributed by atoms with E-state index in [2.05, 4.69) is 30.2 Å². The SMILES string of the molecule is CC(NCc1ncon1)c1ccn[nH]1. The molecule has 74 valence electrons. The van der Waals surface area contributed by atoms with E-state index in [1.807, 2.05) is 13.0 Å². The summed E-state index contributed by atoms with van der Waals surface area (Å²) in [4.78, 5) is 3.90. The molecular weight excluding hydrogens is 182 g/mol. The number of rotatable bonds is 4. The first kappa shape index (κ1) is 8.89. The van der Waals surface area contributed by atoms with Gasteiger partial charge in [-0.25, -0.2) is 0 Å². The molecule has 14 heavy (non-hydrogen) atoms. The van der Waals surface area contributed by atoms with Gasteiger partial charge in [-0.2, -0.15) is 10.1 Å². The van der Waals surface area contributed by atoms with Gasteiger partial charge in [0.05, 0.1) is 12.2 Å². The van der Waals surface area contributed by atoms with Crippen LogP contribution in [-0.4, -0.2) is 20.3 Å². The molecule has 0 fully saturated rings. The van der Waals surface area contributed by atoms with E-state index >= 15 is 0 Å². The second-order valence-corrected chi connectivity index (χ2v) is 2.96. The predicted molar refractivity (Wildman–Crippen MR) is 48.1 cm³/mol. The molecule has 0 amide bonds. The molecule has 0 radical (unpaired) electrons. The van der Waals surface area contributed by atoms with Crippen molar-refractivity contribution in [3.63, 3.8) is 0 Å². The molecule has 0 aliphatic rings. The summed E-state index contributed by atoms with van der Waals surface area (Å²) >= 11 is 0. The highest BCUT2D eigenvalue weighted by atomic mass is 16.5. The maximum absolute atomic E-state index is 4.62. The van der Waals surface area contributed by atoms with E-state index in [1.54, 1.807) is 6.20 Å². The van der Waals surface area contributed by atoms with Crippen molar-refractivity contribution in [3.8, 4) is 0 Å². The number of hydrogen-bond donors (Lipinski definition) is 2. The van der Waals surface area contributed by atoms with Crippen molar-refractivity contribution >= 4 is 0 Å². The summed E-state index contributed by atoms with van der Waals surface area (Å²) in [6.45, 7) is 2.62. The van der Waals surface area contributed by atoms with Gasteiger partial charge in [-0.1, -0.05) is 5.16 Å². The minimum Gasteiger partial charge on any atom is -0.343 e. The van der Waals surface area contributed by atoms with Gasteiger partial charge in [0, 0.05) is 12.2 Å². The van der Waals surface area contributed by atoms with Crippen LogP contribution in [-0.2, 0) is 6.54 Å². The van der Waals surface area contributed by atoms with Crippen LogP contribution >= 0.6 is 0 Å². The number of H-pyrrole nitrogens is 1. The van der Waals surface area contributed by atoms with Crippen molar-refractivity contribution < 1.29 is 4.52 Å². The molecule has 1 atom stereocenters. The molecule has 6 nitrogen and oxygen atoms in total. The molecule has 6 heteroatoms. The second kappa shape index (κ2) is 4.01. The molecule has 2 N–H and O–H groups in total. The van der Waals surface area contributed by atoms with E-state index in [0.717, 1.165) is 5.69 Å². The average molecular weight is 193 g/mol. The van der Waals surface area contributed by atoms with Gasteiger partial charge in [-0.05, 0) is 13.0 Å². The summed E-state index contributed by atoms with van der Waals surface area (Å²) in [6.07, 6.45) is 3.04. The van der Waals surface area contributed by atoms with E-state index in [9.17, 15) is 0 Å². The Morgan fingerprint density at radius 1 is 1.64 bits per heavy atom. The highest BCUT2D eigenvalue weighted by Crippen LogP contribution is 2.07. The molecule has 0 saturated carbocycles. The van der Waals surface area contributed by atoms with E-state index < -0.39 is 0 Å². The molecule has 0 aromatic carbocycles. The van der Waals surface area contributed by atoms with E-state index in [0.29, 0.717) is 12.4 Å². The standard InChI is InChI=1S/C8H11N5O/c1-6(7-2-3-11-12-7)9-4-8-10-5-14-13-8/h2-3,5-6,9H,4H2,1H3,(H,11,12). The molecule has 0 bridgehead atoms. The molecular formula is C8H11N5O. The normalized spacial score (nSPS) is 12.9. The van der Waals surface area contributed by atoms with Crippen LogP contribution < -0.4 is 5.32 Å². The number of aromatic amines is 1. The zero-order chi connectivity index (χ0) is 9.80. The molecule has 0 aliphatic carbocycles. The van der Waals surface area contributed by atoms with Crippen LogP contribution in [0, 0.1) is 0 Å². The zero-order valence-corrected chi connectivity index (χ0v) is 7.77. The van der Waals surface area contributed by atoms with Gasteiger partial charge in [0.1, 0.15) is 0 Å².